The molecule has 0 spiro atoms. The van der Waals surface area contributed by atoms with Gasteiger partial charge in [0.15, 0.2) is 0 Å². The summed E-state index contributed by atoms with van der Waals surface area (Å²) in [4.78, 5) is 38.7. The van der Waals surface area contributed by atoms with Crippen molar-refractivity contribution in [3.05, 3.63) is 111 Å². The third-order valence-corrected chi connectivity index (χ3v) is 5.05. The molecule has 0 saturated carbocycles. The molecule has 0 saturated heterocycles. The lowest BCUT2D eigenvalue weighted by Crippen LogP contribution is -2.29. The molecule has 3 aromatic carbocycles. The molecule has 0 radical (unpaired) electrons. The summed E-state index contributed by atoms with van der Waals surface area (Å²) in [6.07, 6.45) is 1.48. The van der Waals surface area contributed by atoms with Crippen molar-refractivity contribution in [2.24, 2.45) is 0 Å². The molecule has 0 bridgehead atoms. The van der Waals surface area contributed by atoms with Crippen LogP contribution in [0.1, 0.15) is 15.9 Å². The Hall–Kier alpha value is -4.39. The van der Waals surface area contributed by atoms with E-state index in [1.807, 2.05) is 42.5 Å². The van der Waals surface area contributed by atoms with Crippen molar-refractivity contribution in [3.8, 4) is 22.6 Å². The van der Waals surface area contributed by atoms with Crippen LogP contribution in [0.3, 0.4) is 0 Å². The molecule has 0 aliphatic carbocycles. The first kappa shape index (κ1) is 20.9. The van der Waals surface area contributed by atoms with E-state index in [0.29, 0.717) is 22.5 Å². The highest BCUT2D eigenvalue weighted by Crippen LogP contribution is 2.25. The predicted octanol–water partition coefficient (Wildman–Crippen LogP) is 3.76. The van der Waals surface area contributed by atoms with Gasteiger partial charge in [0, 0.05) is 23.0 Å². The van der Waals surface area contributed by atoms with Crippen LogP contribution in [0.5, 0.6) is 5.75 Å². The Morgan fingerprint density at radius 2 is 1.62 bits per heavy atom. The van der Waals surface area contributed by atoms with Crippen LogP contribution in [0.15, 0.2) is 88.6 Å². The summed E-state index contributed by atoms with van der Waals surface area (Å²) in [6.45, 7) is 1.63. The molecule has 0 aliphatic heterocycles. The number of hydrogen-bond acceptors (Lipinski definition) is 4. The smallest absolute Gasteiger partial charge is 0.332 e. The number of benzene rings is 3. The maximum atomic E-state index is 12.8. The van der Waals surface area contributed by atoms with Crippen LogP contribution in [0.25, 0.3) is 16.8 Å². The Bertz CT molecular complexity index is 1400. The van der Waals surface area contributed by atoms with Crippen LogP contribution in [0.4, 0.5) is 5.69 Å². The van der Waals surface area contributed by atoms with Gasteiger partial charge in [0.2, 0.25) is 0 Å². The van der Waals surface area contributed by atoms with Gasteiger partial charge in [-0.25, -0.2) is 4.79 Å². The quantitative estimate of drug-likeness (QED) is 0.507. The minimum atomic E-state index is -0.522. The number of aromatic amines is 1. The van der Waals surface area contributed by atoms with Gasteiger partial charge < -0.3 is 10.1 Å². The third kappa shape index (κ3) is 4.37. The van der Waals surface area contributed by atoms with Crippen molar-refractivity contribution in [1.82, 2.24) is 9.55 Å². The van der Waals surface area contributed by atoms with Crippen molar-refractivity contribution in [1.29, 1.82) is 0 Å². The molecule has 1 heterocycles. The number of hydrogen-bond donors (Lipinski definition) is 2. The van der Waals surface area contributed by atoms with E-state index in [1.165, 1.54) is 10.8 Å². The second-order valence-electron chi connectivity index (χ2n) is 7.26. The number of carbonyl (C=O) groups excluding carboxylic acids is 1. The first-order valence-corrected chi connectivity index (χ1v) is 9.93. The lowest BCUT2D eigenvalue weighted by Gasteiger charge is -2.10. The zero-order valence-electron chi connectivity index (χ0n) is 17.6. The number of amides is 1. The molecule has 32 heavy (non-hydrogen) atoms. The summed E-state index contributed by atoms with van der Waals surface area (Å²) in [5.74, 6) is 0.494. The maximum Gasteiger partial charge on any atom is 0.332 e. The number of carbonyl (C=O) groups is 1. The number of H-pyrrole nitrogens is 1. The number of nitrogens with zero attached hydrogens (tertiary/aromatic N) is 1. The number of aryl methyl sites for hydroxylation is 1. The maximum absolute atomic E-state index is 12.8. The highest BCUT2D eigenvalue weighted by atomic mass is 16.5. The Morgan fingerprint density at radius 1 is 0.938 bits per heavy atom. The Kier molecular flexibility index (Phi) is 5.72. The average Bonchev–Trinajstić information content (AvgIpc) is 2.82. The summed E-state index contributed by atoms with van der Waals surface area (Å²) in [7, 11) is 1.61. The van der Waals surface area contributed by atoms with E-state index in [4.69, 9.17) is 4.74 Å². The van der Waals surface area contributed by atoms with Crippen LogP contribution < -0.4 is 21.3 Å². The normalized spacial score (nSPS) is 10.6. The molecule has 0 aliphatic rings. The second kappa shape index (κ2) is 8.77. The van der Waals surface area contributed by atoms with E-state index >= 15 is 0 Å². The lowest BCUT2D eigenvalue weighted by molar-refractivity contribution is 0.102. The summed E-state index contributed by atoms with van der Waals surface area (Å²) in [6, 6.07) is 21.8. The van der Waals surface area contributed by atoms with Crippen LogP contribution in [-0.4, -0.2) is 22.6 Å². The van der Waals surface area contributed by atoms with Crippen LogP contribution in [0.2, 0.25) is 0 Å². The lowest BCUT2D eigenvalue weighted by atomic mass is 10.0. The van der Waals surface area contributed by atoms with Crippen molar-refractivity contribution < 1.29 is 9.53 Å². The van der Waals surface area contributed by atoms with E-state index in [-0.39, 0.29) is 5.91 Å². The number of ether oxygens (including phenoxy) is 1. The summed E-state index contributed by atoms with van der Waals surface area (Å²) < 4.78 is 6.62. The van der Waals surface area contributed by atoms with E-state index in [9.17, 15) is 14.4 Å². The molecule has 2 N–H and O–H groups in total. The molecule has 0 fully saturated rings. The first-order chi connectivity index (χ1) is 15.4. The van der Waals surface area contributed by atoms with Crippen LogP contribution in [0, 0.1) is 6.92 Å². The van der Waals surface area contributed by atoms with Crippen LogP contribution >= 0.6 is 0 Å². The molecule has 1 aromatic heterocycles. The average molecular weight is 427 g/mol. The standard InChI is InChI=1S/C25H21N3O4/c1-16-15-28(25(31)27-23(16)29)21-11-9-20(10-12-21)26-24(30)19-7-3-5-17(13-19)18-6-4-8-22(14-18)32-2/h3-15H,1-2H3,(H,26,30)(H,27,29,31). The zero-order valence-corrected chi connectivity index (χ0v) is 17.6. The highest BCUT2D eigenvalue weighted by Gasteiger charge is 2.09. The van der Waals surface area contributed by atoms with Crippen molar-refractivity contribution in [2.75, 3.05) is 12.4 Å². The predicted molar refractivity (Wildman–Crippen MR) is 124 cm³/mol. The number of methoxy groups -OCH3 is 1. The monoisotopic (exact) mass is 427 g/mol. The Balaban J connectivity index is 1.54. The van der Waals surface area contributed by atoms with Crippen LogP contribution in [-0.2, 0) is 0 Å². The Morgan fingerprint density at radius 3 is 2.34 bits per heavy atom. The highest BCUT2D eigenvalue weighted by molar-refractivity contribution is 6.05. The molecular weight excluding hydrogens is 406 g/mol. The van der Waals surface area contributed by atoms with Gasteiger partial charge >= 0.3 is 5.69 Å². The summed E-state index contributed by atoms with van der Waals surface area (Å²) in [5, 5.41) is 2.86. The molecule has 4 aromatic rings. The molecule has 4 rings (SSSR count). The summed E-state index contributed by atoms with van der Waals surface area (Å²) >= 11 is 0. The number of aromatic nitrogens is 2. The van der Waals surface area contributed by atoms with Gasteiger partial charge in [-0.05, 0) is 66.6 Å². The fourth-order valence-corrected chi connectivity index (χ4v) is 3.31. The molecule has 0 atom stereocenters. The third-order valence-electron chi connectivity index (χ3n) is 5.05. The van der Waals surface area contributed by atoms with Gasteiger partial charge in [0.1, 0.15) is 5.75 Å². The first-order valence-electron chi connectivity index (χ1n) is 9.93. The largest absolute Gasteiger partial charge is 0.497 e. The van der Waals surface area contributed by atoms with E-state index in [2.05, 4.69) is 10.3 Å². The minimum Gasteiger partial charge on any atom is -0.497 e. The zero-order chi connectivity index (χ0) is 22.7. The van der Waals surface area contributed by atoms with Gasteiger partial charge in [-0.1, -0.05) is 24.3 Å². The SMILES string of the molecule is COc1cccc(-c2cccc(C(=O)Nc3ccc(-n4cc(C)c(=O)[nH]c4=O)cc3)c2)c1. The Labute approximate surface area is 183 Å². The summed E-state index contributed by atoms with van der Waals surface area (Å²) in [5.41, 5.74) is 3.02. The van der Waals surface area contributed by atoms with Gasteiger partial charge in [-0.2, -0.15) is 0 Å². The van der Waals surface area contributed by atoms with Crippen molar-refractivity contribution >= 4 is 11.6 Å². The molecule has 160 valence electrons. The molecule has 0 unspecified atom stereocenters. The fraction of sp³-hybridized carbons (Fsp3) is 0.0800. The number of nitrogens with one attached hydrogen (secondary N) is 2. The molecular formula is C25H21N3O4. The number of anilines is 1. The van der Waals surface area contributed by atoms with Gasteiger partial charge in [-0.15, -0.1) is 0 Å². The second-order valence-corrected chi connectivity index (χ2v) is 7.26. The van der Waals surface area contributed by atoms with E-state index in [0.717, 1.165) is 16.9 Å². The molecule has 7 heteroatoms. The topological polar surface area (TPSA) is 93.2 Å². The van der Waals surface area contributed by atoms with E-state index in [1.54, 1.807) is 44.4 Å². The van der Waals surface area contributed by atoms with E-state index < -0.39 is 11.2 Å². The molecule has 7 nitrogen and oxygen atoms in total. The fourth-order valence-electron chi connectivity index (χ4n) is 3.31. The van der Waals surface area contributed by atoms with Crippen molar-refractivity contribution in [2.45, 2.75) is 6.92 Å². The molecule has 1 amide bonds. The van der Waals surface area contributed by atoms with Gasteiger partial charge in [0.25, 0.3) is 11.5 Å². The van der Waals surface area contributed by atoms with Gasteiger partial charge in [-0.3, -0.25) is 19.1 Å². The number of rotatable bonds is 5. The van der Waals surface area contributed by atoms with Gasteiger partial charge in [0.05, 0.1) is 12.8 Å². The minimum absolute atomic E-state index is 0.250. The van der Waals surface area contributed by atoms with Crippen molar-refractivity contribution in [3.63, 3.8) is 0 Å².